The van der Waals surface area contributed by atoms with E-state index in [2.05, 4.69) is 11.8 Å². The number of carbonyl (C=O) groups is 1. The second-order valence-corrected chi connectivity index (χ2v) is 2.22. The van der Waals surface area contributed by atoms with Crippen LogP contribution in [0.3, 0.4) is 0 Å². The molecule has 3 heteroatoms. The molecular weight excluding hydrogens is 169 g/mol. The minimum Gasteiger partial charge on any atom is -0.298 e. The normalized spacial score (nSPS) is 8.00. The fourth-order valence-corrected chi connectivity index (χ4v) is 0.812. The lowest BCUT2D eigenvalue weighted by Crippen LogP contribution is -1.88. The molecule has 0 aromatic heterocycles. The largest absolute Gasteiger partial charge is 0.298 e. The zero-order chi connectivity index (χ0) is 9.68. The van der Waals surface area contributed by atoms with E-state index < -0.39 is 5.82 Å². The molecule has 62 valence electrons. The van der Waals surface area contributed by atoms with Gasteiger partial charge in [-0.2, -0.15) is 5.26 Å². The van der Waals surface area contributed by atoms with Gasteiger partial charge in [0.2, 0.25) is 0 Å². The molecule has 0 fully saturated rings. The number of carbonyl (C=O) groups excluding carboxylic acids is 1. The van der Waals surface area contributed by atoms with Crippen molar-refractivity contribution >= 4 is 6.29 Å². The minimum atomic E-state index is -0.586. The summed E-state index contributed by atoms with van der Waals surface area (Å²) in [4.78, 5) is 10.3. The summed E-state index contributed by atoms with van der Waals surface area (Å²) in [6, 6.07) is 5.48. The monoisotopic (exact) mass is 173 g/mol. The first-order chi connectivity index (χ1) is 6.27. The molecule has 2 nitrogen and oxygen atoms in total. The Balaban J connectivity index is 3.15. The smallest absolute Gasteiger partial charge is 0.153 e. The maximum atomic E-state index is 12.7. The molecule has 0 aliphatic rings. The Morgan fingerprint density at radius 3 is 2.85 bits per heavy atom. The molecule has 1 aromatic carbocycles. The van der Waals surface area contributed by atoms with Gasteiger partial charge in [-0.15, -0.1) is 0 Å². The number of hydrogen-bond acceptors (Lipinski definition) is 2. The van der Waals surface area contributed by atoms with Crippen LogP contribution in [0.5, 0.6) is 0 Å². The summed E-state index contributed by atoms with van der Waals surface area (Å²) < 4.78 is 12.7. The number of hydrogen-bond donors (Lipinski definition) is 0. The zero-order valence-corrected chi connectivity index (χ0v) is 6.54. The van der Waals surface area contributed by atoms with E-state index in [1.54, 1.807) is 6.07 Å². The highest BCUT2D eigenvalue weighted by molar-refractivity contribution is 5.76. The van der Waals surface area contributed by atoms with Gasteiger partial charge in [0.25, 0.3) is 0 Å². The van der Waals surface area contributed by atoms with Gasteiger partial charge in [0, 0.05) is 11.5 Å². The summed E-state index contributed by atoms with van der Waals surface area (Å²) in [5, 5.41) is 8.14. The van der Waals surface area contributed by atoms with Gasteiger partial charge >= 0.3 is 0 Å². The Hall–Kier alpha value is -2.13. The molecule has 1 aromatic rings. The number of benzene rings is 1. The van der Waals surface area contributed by atoms with Crippen molar-refractivity contribution in [3.63, 3.8) is 0 Å². The quantitative estimate of drug-likeness (QED) is 0.477. The molecule has 0 N–H and O–H groups in total. The molecule has 13 heavy (non-hydrogen) atoms. The first kappa shape index (κ1) is 8.96. The molecule has 0 amide bonds. The Kier molecular flexibility index (Phi) is 2.78. The van der Waals surface area contributed by atoms with Gasteiger partial charge in [-0.05, 0) is 18.2 Å². The van der Waals surface area contributed by atoms with Crippen LogP contribution >= 0.6 is 0 Å². The van der Waals surface area contributed by atoms with E-state index in [0.29, 0.717) is 11.8 Å². The maximum Gasteiger partial charge on any atom is 0.153 e. The van der Waals surface area contributed by atoms with E-state index in [4.69, 9.17) is 5.26 Å². The summed E-state index contributed by atoms with van der Waals surface area (Å²) in [5.74, 6) is 4.03. The highest BCUT2D eigenvalue weighted by Gasteiger charge is 1.99. The molecule has 0 spiro atoms. The number of halogens is 1. The van der Waals surface area contributed by atoms with Crippen LogP contribution in [0.15, 0.2) is 18.2 Å². The maximum absolute atomic E-state index is 12.7. The molecule has 0 unspecified atom stereocenters. The molecular formula is C10H4FNO. The van der Waals surface area contributed by atoms with Crippen LogP contribution in [0.4, 0.5) is 4.39 Å². The average Bonchev–Trinajstić information content (AvgIpc) is 2.16. The van der Waals surface area contributed by atoms with Crippen molar-refractivity contribution < 1.29 is 9.18 Å². The molecule has 1 rings (SSSR count). The number of aldehydes is 1. The van der Waals surface area contributed by atoms with Crippen LogP contribution in [0.1, 0.15) is 15.9 Å². The number of nitrogens with zero attached hydrogens (tertiary/aromatic N) is 1. The summed E-state index contributed by atoms with van der Waals surface area (Å²) in [6.07, 6.45) is 0.410. The molecule has 0 aliphatic heterocycles. The molecule has 0 bridgehead atoms. The van der Waals surface area contributed by atoms with Gasteiger partial charge in [-0.3, -0.25) is 4.79 Å². The number of rotatable bonds is 1. The molecule has 0 aliphatic carbocycles. The van der Waals surface area contributed by atoms with Crippen molar-refractivity contribution in [1.29, 1.82) is 5.26 Å². The predicted octanol–water partition coefficient (Wildman–Crippen LogP) is 1.51. The van der Waals surface area contributed by atoms with E-state index in [0.717, 1.165) is 6.07 Å². The fraction of sp³-hybridized carbons (Fsp3) is 0. The lowest BCUT2D eigenvalue weighted by atomic mass is 10.1. The van der Waals surface area contributed by atoms with Crippen LogP contribution in [0.25, 0.3) is 0 Å². The Bertz CT molecular complexity index is 434. The first-order valence-corrected chi connectivity index (χ1v) is 3.43. The molecule has 0 saturated carbocycles. The second kappa shape index (κ2) is 4.04. The van der Waals surface area contributed by atoms with Crippen molar-refractivity contribution in [3.05, 3.63) is 35.1 Å². The minimum absolute atomic E-state index is 0.0512. The topological polar surface area (TPSA) is 40.9 Å². The van der Waals surface area contributed by atoms with Gasteiger partial charge in [0.05, 0.1) is 5.56 Å². The standard InChI is InChI=1S/C10H4FNO/c11-10-4-3-8(2-1-5-12)6-9(10)7-13/h3-4,6-7H. The highest BCUT2D eigenvalue weighted by atomic mass is 19.1. The van der Waals surface area contributed by atoms with Crippen LogP contribution in [-0.4, -0.2) is 6.29 Å². The van der Waals surface area contributed by atoms with Crippen LogP contribution in [0.2, 0.25) is 0 Å². The van der Waals surface area contributed by atoms with E-state index in [1.807, 2.05) is 0 Å². The van der Waals surface area contributed by atoms with Gasteiger partial charge in [0.1, 0.15) is 5.82 Å². The summed E-state index contributed by atoms with van der Waals surface area (Å²) in [5.41, 5.74) is 0.398. The van der Waals surface area contributed by atoms with Crippen molar-refractivity contribution in [2.45, 2.75) is 0 Å². The molecule has 0 radical (unpaired) electrons. The van der Waals surface area contributed by atoms with E-state index in [-0.39, 0.29) is 5.56 Å². The van der Waals surface area contributed by atoms with Gasteiger partial charge in [-0.1, -0.05) is 5.92 Å². The third-order valence-electron chi connectivity index (χ3n) is 1.39. The van der Waals surface area contributed by atoms with Crippen molar-refractivity contribution in [2.24, 2.45) is 0 Å². The molecule has 0 saturated heterocycles. The number of nitriles is 1. The van der Waals surface area contributed by atoms with Gasteiger partial charge in [0.15, 0.2) is 12.4 Å². The van der Waals surface area contributed by atoms with E-state index in [1.165, 1.54) is 12.1 Å². The van der Waals surface area contributed by atoms with Crippen molar-refractivity contribution in [3.8, 4) is 17.9 Å². The first-order valence-electron chi connectivity index (χ1n) is 3.43. The van der Waals surface area contributed by atoms with E-state index in [9.17, 15) is 9.18 Å². The van der Waals surface area contributed by atoms with Crippen molar-refractivity contribution in [1.82, 2.24) is 0 Å². The van der Waals surface area contributed by atoms with Gasteiger partial charge < -0.3 is 0 Å². The fourth-order valence-electron chi connectivity index (χ4n) is 0.812. The van der Waals surface area contributed by atoms with Crippen molar-refractivity contribution in [2.75, 3.05) is 0 Å². The highest BCUT2D eigenvalue weighted by Crippen LogP contribution is 2.07. The third-order valence-corrected chi connectivity index (χ3v) is 1.39. The lowest BCUT2D eigenvalue weighted by Gasteiger charge is -1.93. The van der Waals surface area contributed by atoms with Crippen LogP contribution in [0, 0.1) is 29.0 Å². The lowest BCUT2D eigenvalue weighted by molar-refractivity contribution is 0.112. The zero-order valence-electron chi connectivity index (χ0n) is 6.54. The third kappa shape index (κ3) is 2.15. The van der Waals surface area contributed by atoms with Crippen LogP contribution in [-0.2, 0) is 0 Å². The Labute approximate surface area is 74.6 Å². The molecule has 0 atom stereocenters. The second-order valence-electron chi connectivity index (χ2n) is 2.22. The SMILES string of the molecule is N#CC#Cc1ccc(F)c(C=O)c1. The Morgan fingerprint density at radius 2 is 2.23 bits per heavy atom. The summed E-state index contributed by atoms with van der Waals surface area (Å²) in [7, 11) is 0. The summed E-state index contributed by atoms with van der Waals surface area (Å²) >= 11 is 0. The van der Waals surface area contributed by atoms with Crippen LogP contribution < -0.4 is 0 Å². The molecule has 0 heterocycles. The summed E-state index contributed by atoms with van der Waals surface area (Å²) in [6.45, 7) is 0. The predicted molar refractivity (Wildman–Crippen MR) is 44.3 cm³/mol. The average molecular weight is 173 g/mol. The Morgan fingerprint density at radius 1 is 1.46 bits per heavy atom. The van der Waals surface area contributed by atoms with E-state index >= 15 is 0 Å². The van der Waals surface area contributed by atoms with Gasteiger partial charge in [-0.25, -0.2) is 4.39 Å².